The van der Waals surface area contributed by atoms with Crippen LogP contribution < -0.4 is 14.2 Å². The third kappa shape index (κ3) is 17.6. The fourth-order valence-corrected chi connectivity index (χ4v) is 21.4. The molecule has 0 amide bonds. The summed E-state index contributed by atoms with van der Waals surface area (Å²) in [5, 5.41) is 203. The quantitative estimate of drug-likeness (QED) is 0.0138. The molecule has 121 heavy (non-hydrogen) atoms. The summed E-state index contributed by atoms with van der Waals surface area (Å²) in [4.78, 5) is 69.6. The maximum atomic E-state index is 16.4. The Hall–Kier alpha value is -5.63. The average Bonchev–Trinajstić information content (AvgIpc) is 0.998. The SMILES string of the molecule is COc1cc(/C=C/C(=O)O[C@H]2[C@@H](O)[C@@H](C)O[C@@H](OC(=O)[C@]34CCC(C)(C)C[C@H]3C3=CC[C@@H]5[C@@]6(C)C[C@H](O)[C@H](O[C@@H]7O[C@H](CO)[C@@H](O)[C@H](O)[C@H]7O)[C@@](C)(C(=O)O)[C@@H]6CC[C@@]5(C)[C@]3(CO)CC4)[C@@H]2O[C@@H]2O[C@@H](C)[C@H](O[C@@H]3OC[C@@H](O)[C@H](O[C@@H]4OC[C@H](O)[C@H](O)[C@H]4O)[C@H]3O)[C@@H](O[C@@H]3OC[C@](O)(COC(=O)CC(C)(O)CC(=O)O)[C@H]3O)[C@H]2O)cc(OC)c1OC. The maximum absolute atomic E-state index is 16.4. The highest BCUT2D eigenvalue weighted by Gasteiger charge is 2.74. The lowest BCUT2D eigenvalue weighted by Crippen LogP contribution is -2.71. The number of carboxylic acids is 2. The fraction of sp³-hybridized carbons (Fsp3) is 0.815. The molecular weight excluding hydrogens is 1610 g/mol. The van der Waals surface area contributed by atoms with Gasteiger partial charge in [0.25, 0.3) is 0 Å². The first-order chi connectivity index (χ1) is 56.8. The molecule has 684 valence electrons. The van der Waals surface area contributed by atoms with Gasteiger partial charge in [0, 0.05) is 11.5 Å². The summed E-state index contributed by atoms with van der Waals surface area (Å²) in [6.45, 7) is 8.90. The number of aliphatic hydroxyl groups excluding tert-OH is 14. The van der Waals surface area contributed by atoms with Crippen LogP contribution in [0, 0.1) is 50.2 Å². The molecule has 5 aliphatic carbocycles. The van der Waals surface area contributed by atoms with Crippen molar-refractivity contribution in [3.05, 3.63) is 35.4 Å². The molecule has 6 heterocycles. The van der Waals surface area contributed by atoms with Crippen molar-refractivity contribution in [2.45, 2.75) is 303 Å². The average molecular weight is 1730 g/mol. The van der Waals surface area contributed by atoms with Crippen molar-refractivity contribution in [1.82, 2.24) is 0 Å². The smallest absolute Gasteiger partial charge is 0.331 e. The maximum Gasteiger partial charge on any atom is 0.331 e. The molecule has 4 saturated carbocycles. The second-order valence-corrected chi connectivity index (χ2v) is 36.4. The highest BCUT2D eigenvalue weighted by Crippen LogP contribution is 2.76. The molecule has 40 nitrogen and oxygen atoms in total. The number of aliphatic carboxylic acids is 2. The van der Waals surface area contributed by atoms with E-state index in [0.29, 0.717) is 24.8 Å². The van der Waals surface area contributed by atoms with E-state index in [1.807, 2.05) is 26.8 Å². The van der Waals surface area contributed by atoms with Gasteiger partial charge in [0.15, 0.2) is 60.8 Å². The molecule has 6 aliphatic heterocycles. The van der Waals surface area contributed by atoms with E-state index in [4.69, 9.17) is 80.5 Å². The first-order valence-electron chi connectivity index (χ1n) is 40.9. The number of allylic oxidation sites excluding steroid dienone is 1. The van der Waals surface area contributed by atoms with Gasteiger partial charge in [-0.05, 0) is 143 Å². The summed E-state index contributed by atoms with van der Waals surface area (Å²) < 4.78 is 102. The normalized spacial score (nSPS) is 45.8. The number of rotatable bonds is 27. The van der Waals surface area contributed by atoms with E-state index < -0.39 is 310 Å². The molecule has 0 aromatic heterocycles. The van der Waals surface area contributed by atoms with Crippen LogP contribution in [0.15, 0.2) is 29.9 Å². The van der Waals surface area contributed by atoms with Gasteiger partial charge >= 0.3 is 29.8 Å². The molecule has 6 saturated heterocycles. The number of esters is 3. The van der Waals surface area contributed by atoms with Crippen LogP contribution in [0.1, 0.15) is 132 Å². The van der Waals surface area contributed by atoms with Crippen LogP contribution in [-0.4, -0.2) is 360 Å². The van der Waals surface area contributed by atoms with E-state index in [9.17, 15) is 111 Å². The number of carboxylic acid groups (broad SMARTS) is 2. The fourth-order valence-electron chi connectivity index (χ4n) is 21.4. The van der Waals surface area contributed by atoms with Gasteiger partial charge in [0.2, 0.25) is 12.0 Å². The zero-order valence-electron chi connectivity index (χ0n) is 69.3. The van der Waals surface area contributed by atoms with Crippen molar-refractivity contribution >= 4 is 35.9 Å². The third-order valence-corrected chi connectivity index (χ3v) is 28.1. The molecule has 1 aromatic carbocycles. The number of hydrogen-bond donors (Lipinski definition) is 18. The van der Waals surface area contributed by atoms with Gasteiger partial charge in [0.05, 0.1) is 102 Å². The van der Waals surface area contributed by atoms with Gasteiger partial charge in [-0.1, -0.05) is 39.3 Å². The Morgan fingerprint density at radius 2 is 1.19 bits per heavy atom. The van der Waals surface area contributed by atoms with E-state index >= 15 is 4.79 Å². The van der Waals surface area contributed by atoms with Crippen LogP contribution in [0.5, 0.6) is 17.2 Å². The second-order valence-electron chi connectivity index (χ2n) is 36.4. The lowest BCUT2D eigenvalue weighted by atomic mass is 9.33. The van der Waals surface area contributed by atoms with E-state index in [0.717, 1.165) is 18.6 Å². The molecule has 11 aliphatic rings. The Balaban J connectivity index is 0.879. The number of fused-ring (bicyclic) bond motifs is 7. The topological polar surface area (TPSA) is 606 Å². The lowest BCUT2D eigenvalue weighted by molar-refractivity contribution is -0.388. The number of methoxy groups -OCH3 is 3. The summed E-state index contributed by atoms with van der Waals surface area (Å²) in [5.74, 6) is -7.33. The third-order valence-electron chi connectivity index (χ3n) is 28.1. The Morgan fingerprint density at radius 1 is 0.587 bits per heavy atom. The van der Waals surface area contributed by atoms with E-state index in [-0.39, 0.29) is 55.8 Å². The van der Waals surface area contributed by atoms with Gasteiger partial charge in [-0.15, -0.1) is 0 Å². The van der Waals surface area contributed by atoms with Crippen molar-refractivity contribution in [1.29, 1.82) is 0 Å². The predicted octanol–water partition coefficient (Wildman–Crippen LogP) is -2.95. The van der Waals surface area contributed by atoms with E-state index in [1.54, 1.807) is 0 Å². The molecule has 18 N–H and O–H groups in total. The van der Waals surface area contributed by atoms with Crippen molar-refractivity contribution in [3.8, 4) is 17.2 Å². The lowest BCUT2D eigenvalue weighted by Gasteiger charge is -2.71. The largest absolute Gasteiger partial charge is 0.493 e. The molecule has 37 atom stereocenters. The second kappa shape index (κ2) is 36.3. The van der Waals surface area contributed by atoms with Gasteiger partial charge in [-0.3, -0.25) is 19.2 Å². The zero-order chi connectivity index (χ0) is 88.7. The summed E-state index contributed by atoms with van der Waals surface area (Å²) >= 11 is 0. The molecular formula is C81H120O40. The van der Waals surface area contributed by atoms with Crippen molar-refractivity contribution in [3.63, 3.8) is 0 Å². The molecule has 40 heteroatoms. The summed E-state index contributed by atoms with van der Waals surface area (Å²) in [7, 11) is 4.13. The van der Waals surface area contributed by atoms with Crippen LogP contribution in [0.3, 0.4) is 0 Å². The van der Waals surface area contributed by atoms with Gasteiger partial charge in [-0.25, -0.2) is 4.79 Å². The van der Waals surface area contributed by atoms with E-state index in [2.05, 4.69) is 6.92 Å². The number of benzene rings is 1. The summed E-state index contributed by atoms with van der Waals surface area (Å²) in [6, 6.07) is 3.03. The van der Waals surface area contributed by atoms with Crippen LogP contribution in [0.25, 0.3) is 6.08 Å². The van der Waals surface area contributed by atoms with Crippen molar-refractivity contribution in [2.24, 2.45) is 50.2 Å². The van der Waals surface area contributed by atoms with Gasteiger partial charge in [0.1, 0.15) is 104 Å². The van der Waals surface area contributed by atoms with Gasteiger partial charge in [-0.2, -0.15) is 0 Å². The van der Waals surface area contributed by atoms with Crippen LogP contribution in [0.4, 0.5) is 0 Å². The summed E-state index contributed by atoms with van der Waals surface area (Å²) in [5.41, 5.74) is -10.5. The number of carbonyl (C=O) groups is 5. The Kier molecular flexibility index (Phi) is 28.3. The van der Waals surface area contributed by atoms with Crippen LogP contribution in [0.2, 0.25) is 0 Å². The number of ether oxygens (including phenoxy) is 17. The molecule has 10 fully saturated rings. The highest BCUT2D eigenvalue weighted by atomic mass is 16.8. The Morgan fingerprint density at radius 3 is 1.83 bits per heavy atom. The molecule has 1 aromatic rings. The minimum Gasteiger partial charge on any atom is -0.493 e. The predicted molar refractivity (Wildman–Crippen MR) is 402 cm³/mol. The van der Waals surface area contributed by atoms with Crippen molar-refractivity contribution in [2.75, 3.05) is 61.0 Å². The number of carbonyl (C=O) groups excluding carboxylic acids is 3. The molecule has 0 bridgehead atoms. The molecule has 0 radical (unpaired) electrons. The zero-order valence-corrected chi connectivity index (χ0v) is 69.3. The standard InChI is InChI=1S/C81H120O40/c1-34-50(91)61(115-48(89)15-12-36-22-42(105-9)60(107-11)43(23-36)106-10)63(119-69-57(98)62(118-71-64(99)81(104,33-111-71)32-110-49(90)27-75(5,103)26-47(87)88)58(35(2)113-69)116-67-56(97)59(41(86)30-109-67)117-66-54(95)51(92)40(85)29-108-66)70(112-34)121-73(102)79-19-18-74(3,4)24-38(79)37-13-14-45-76(6)25-39(84)65(120-68-55(96)53(94)52(93)44(28-82)114-68)78(8,72(100)101)46(76)16-17-77(45,7)80(37,31-83)21-20-79/h12-13,15,22-23,34-35,38-41,44-46,50-59,61-71,82-86,91-99,103-104H,14,16-21,24-33H2,1-11H3,(H,87,88)(H,100,101)/b15-12+/t34-,35+,38+,39+,40+,41-,44-,45-,46-,50+,51+,52-,53+,54-,55-,56-,57-,58+,59+,61+,62+,63-,64+,65+,66+,67+,68+,69+,70+,71+,75?,76-,77-,78+,79+,80+,81-/m1/s1. The first-order valence-corrected chi connectivity index (χ1v) is 40.9. The molecule has 1 unspecified atom stereocenters. The van der Waals surface area contributed by atoms with Crippen LogP contribution in [-0.2, 0) is 90.3 Å². The minimum absolute atomic E-state index is 0.0508. The van der Waals surface area contributed by atoms with E-state index in [1.165, 1.54) is 60.3 Å². The van der Waals surface area contributed by atoms with Crippen LogP contribution >= 0.6 is 0 Å². The Labute approximate surface area is 696 Å². The number of hydrogen-bond acceptors (Lipinski definition) is 38. The van der Waals surface area contributed by atoms with Crippen molar-refractivity contribution < 1.29 is 196 Å². The first kappa shape index (κ1) is 94.5. The minimum atomic E-state index is -2.55. The molecule has 12 rings (SSSR count). The summed E-state index contributed by atoms with van der Waals surface area (Å²) in [6.07, 6.45) is -45.4. The Bertz CT molecular complexity index is 3870. The van der Waals surface area contributed by atoms with Gasteiger partial charge < -0.3 is 172 Å². The monoisotopic (exact) mass is 1730 g/mol. The molecule has 0 spiro atoms. The number of aliphatic hydroxyl groups is 16. The highest BCUT2D eigenvalue weighted by molar-refractivity contribution is 5.87.